The smallest absolute Gasteiger partial charge is 0.283 e. The third-order valence-corrected chi connectivity index (χ3v) is 4.07. The SMILES string of the molecule is O=C(/C=C/c1ccc([N+](=O)[O-])cc1)Nc1cccc(-c2nnc(-c3ccco3)o2)c1. The van der Waals surface area contributed by atoms with E-state index in [0.29, 0.717) is 28.5 Å². The summed E-state index contributed by atoms with van der Waals surface area (Å²) in [6.45, 7) is 0. The van der Waals surface area contributed by atoms with Gasteiger partial charge in [0.1, 0.15) is 0 Å². The Morgan fingerprint density at radius 2 is 1.83 bits per heavy atom. The molecule has 0 bridgehead atoms. The number of rotatable bonds is 6. The maximum Gasteiger partial charge on any atom is 0.283 e. The molecule has 0 fully saturated rings. The molecule has 2 aromatic carbocycles. The summed E-state index contributed by atoms with van der Waals surface area (Å²) in [6, 6.07) is 16.3. The van der Waals surface area contributed by atoms with Crippen LogP contribution < -0.4 is 5.32 Å². The normalized spacial score (nSPS) is 10.9. The predicted octanol–water partition coefficient (Wildman–Crippen LogP) is 4.56. The Hall–Kier alpha value is -4.53. The van der Waals surface area contributed by atoms with Crippen LogP contribution in [0.1, 0.15) is 5.56 Å². The molecule has 0 aliphatic carbocycles. The molecule has 0 radical (unpaired) electrons. The molecule has 9 heteroatoms. The molecule has 9 nitrogen and oxygen atoms in total. The van der Waals surface area contributed by atoms with Crippen LogP contribution in [0.4, 0.5) is 11.4 Å². The largest absolute Gasteiger partial charge is 0.459 e. The van der Waals surface area contributed by atoms with Crippen LogP contribution in [0, 0.1) is 10.1 Å². The van der Waals surface area contributed by atoms with Gasteiger partial charge in [-0.25, -0.2) is 0 Å². The summed E-state index contributed by atoms with van der Waals surface area (Å²) in [7, 11) is 0. The van der Waals surface area contributed by atoms with Gasteiger partial charge in [-0.15, -0.1) is 10.2 Å². The van der Waals surface area contributed by atoms with Gasteiger partial charge in [-0.1, -0.05) is 6.07 Å². The highest BCUT2D eigenvalue weighted by Gasteiger charge is 2.13. The van der Waals surface area contributed by atoms with Gasteiger partial charge in [0.05, 0.1) is 11.2 Å². The Kier molecular flexibility index (Phi) is 5.16. The number of nitro benzene ring substituents is 1. The number of anilines is 1. The average Bonchev–Trinajstić information content (AvgIpc) is 3.44. The fraction of sp³-hybridized carbons (Fsp3) is 0. The molecule has 0 unspecified atom stereocenters. The molecule has 0 aliphatic rings. The number of hydrogen-bond donors (Lipinski definition) is 1. The highest BCUT2D eigenvalue weighted by atomic mass is 16.6. The van der Waals surface area contributed by atoms with Gasteiger partial charge in [-0.05, 0) is 54.1 Å². The van der Waals surface area contributed by atoms with Crippen molar-refractivity contribution < 1.29 is 18.6 Å². The van der Waals surface area contributed by atoms with E-state index in [1.807, 2.05) is 0 Å². The fourth-order valence-electron chi connectivity index (χ4n) is 2.63. The van der Waals surface area contributed by atoms with E-state index < -0.39 is 4.92 Å². The van der Waals surface area contributed by atoms with Crippen LogP contribution in [0.15, 0.2) is 81.8 Å². The van der Waals surface area contributed by atoms with Crippen molar-refractivity contribution in [2.75, 3.05) is 5.32 Å². The van der Waals surface area contributed by atoms with Crippen LogP contribution in [-0.2, 0) is 4.79 Å². The quantitative estimate of drug-likeness (QED) is 0.285. The van der Waals surface area contributed by atoms with Crippen molar-refractivity contribution in [2.24, 2.45) is 0 Å². The Bertz CT molecular complexity index is 1210. The molecule has 2 heterocycles. The van der Waals surface area contributed by atoms with E-state index in [1.54, 1.807) is 54.6 Å². The highest BCUT2D eigenvalue weighted by Crippen LogP contribution is 2.25. The number of nitro groups is 1. The maximum atomic E-state index is 12.2. The van der Waals surface area contributed by atoms with Gasteiger partial charge in [-0.3, -0.25) is 14.9 Å². The molecule has 4 rings (SSSR count). The van der Waals surface area contributed by atoms with Gasteiger partial charge >= 0.3 is 0 Å². The molecule has 0 aliphatic heterocycles. The Balaban J connectivity index is 1.44. The highest BCUT2D eigenvalue weighted by molar-refractivity contribution is 6.02. The first-order valence-corrected chi connectivity index (χ1v) is 8.80. The number of benzene rings is 2. The summed E-state index contributed by atoms with van der Waals surface area (Å²) >= 11 is 0. The Labute approximate surface area is 169 Å². The van der Waals surface area contributed by atoms with E-state index in [-0.39, 0.29) is 17.5 Å². The van der Waals surface area contributed by atoms with Crippen LogP contribution >= 0.6 is 0 Å². The summed E-state index contributed by atoms with van der Waals surface area (Å²) in [5.74, 6) is 0.663. The van der Waals surface area contributed by atoms with E-state index in [2.05, 4.69) is 15.5 Å². The number of non-ortho nitro benzene ring substituents is 1. The lowest BCUT2D eigenvalue weighted by Gasteiger charge is -2.03. The zero-order valence-electron chi connectivity index (χ0n) is 15.4. The van der Waals surface area contributed by atoms with Crippen LogP contribution in [0.2, 0.25) is 0 Å². The topological polar surface area (TPSA) is 124 Å². The zero-order valence-corrected chi connectivity index (χ0v) is 15.4. The fourth-order valence-corrected chi connectivity index (χ4v) is 2.63. The van der Waals surface area contributed by atoms with E-state index in [4.69, 9.17) is 8.83 Å². The summed E-state index contributed by atoms with van der Waals surface area (Å²) in [6.07, 6.45) is 4.42. The van der Waals surface area contributed by atoms with Crippen molar-refractivity contribution in [2.45, 2.75) is 0 Å². The summed E-state index contributed by atoms with van der Waals surface area (Å²) in [4.78, 5) is 22.4. The second kappa shape index (κ2) is 8.23. The van der Waals surface area contributed by atoms with E-state index in [9.17, 15) is 14.9 Å². The second-order valence-electron chi connectivity index (χ2n) is 6.14. The van der Waals surface area contributed by atoms with Gasteiger partial charge < -0.3 is 14.2 Å². The molecule has 0 saturated heterocycles. The first-order valence-electron chi connectivity index (χ1n) is 8.80. The van der Waals surface area contributed by atoms with Crippen molar-refractivity contribution >= 4 is 23.4 Å². The summed E-state index contributed by atoms with van der Waals surface area (Å²) in [5, 5.41) is 21.4. The zero-order chi connectivity index (χ0) is 20.9. The monoisotopic (exact) mass is 402 g/mol. The summed E-state index contributed by atoms with van der Waals surface area (Å²) in [5.41, 5.74) is 1.84. The van der Waals surface area contributed by atoms with Crippen molar-refractivity contribution in [3.05, 3.63) is 88.7 Å². The minimum absolute atomic E-state index is 0.00959. The number of hydrogen-bond acceptors (Lipinski definition) is 7. The molecular formula is C21H14N4O5. The summed E-state index contributed by atoms with van der Waals surface area (Å²) < 4.78 is 10.8. The molecule has 2 aromatic heterocycles. The van der Waals surface area contributed by atoms with Gasteiger partial charge in [0.25, 0.3) is 11.6 Å². The standard InChI is InChI=1S/C21H14N4O5/c26-19(11-8-14-6-9-17(10-7-14)25(27)28)22-16-4-1-3-15(13-16)20-23-24-21(30-20)18-5-2-12-29-18/h1-13H,(H,22,26)/b11-8+. The molecule has 0 atom stereocenters. The molecule has 1 amide bonds. The number of nitrogens with one attached hydrogen (secondary N) is 1. The molecule has 0 spiro atoms. The lowest BCUT2D eigenvalue weighted by Crippen LogP contribution is -2.07. The van der Waals surface area contributed by atoms with Gasteiger partial charge in [0, 0.05) is 29.5 Å². The Morgan fingerprint density at radius 3 is 2.57 bits per heavy atom. The number of amides is 1. The molecule has 0 saturated carbocycles. The molecule has 1 N–H and O–H groups in total. The molecule has 30 heavy (non-hydrogen) atoms. The first kappa shape index (κ1) is 18.8. The number of carbonyl (C=O) groups excluding carboxylic acids is 1. The second-order valence-corrected chi connectivity index (χ2v) is 6.14. The van der Waals surface area contributed by atoms with Crippen LogP contribution in [0.3, 0.4) is 0 Å². The van der Waals surface area contributed by atoms with Crippen LogP contribution in [0.5, 0.6) is 0 Å². The lowest BCUT2D eigenvalue weighted by atomic mass is 10.2. The van der Waals surface area contributed by atoms with Crippen LogP contribution in [-0.4, -0.2) is 21.0 Å². The first-order chi connectivity index (χ1) is 14.6. The van der Waals surface area contributed by atoms with Gasteiger partial charge in [0.15, 0.2) is 5.76 Å². The molecule has 4 aromatic rings. The Morgan fingerprint density at radius 1 is 1.03 bits per heavy atom. The van der Waals surface area contributed by atoms with E-state index >= 15 is 0 Å². The number of carbonyl (C=O) groups is 1. The number of nitrogens with zero attached hydrogens (tertiary/aromatic N) is 3. The minimum atomic E-state index is -0.478. The maximum absolute atomic E-state index is 12.2. The van der Waals surface area contributed by atoms with Gasteiger partial charge in [-0.2, -0.15) is 0 Å². The number of furan rings is 1. The lowest BCUT2D eigenvalue weighted by molar-refractivity contribution is -0.384. The third-order valence-electron chi connectivity index (χ3n) is 4.07. The van der Waals surface area contributed by atoms with Gasteiger partial charge in [0.2, 0.25) is 11.8 Å². The molecule has 148 valence electrons. The predicted molar refractivity (Wildman–Crippen MR) is 108 cm³/mol. The van der Waals surface area contributed by atoms with Crippen molar-refractivity contribution in [3.63, 3.8) is 0 Å². The minimum Gasteiger partial charge on any atom is -0.459 e. The molecular weight excluding hydrogens is 388 g/mol. The van der Waals surface area contributed by atoms with E-state index in [1.165, 1.54) is 24.5 Å². The van der Waals surface area contributed by atoms with Crippen molar-refractivity contribution in [3.8, 4) is 23.1 Å². The van der Waals surface area contributed by atoms with Crippen LogP contribution in [0.25, 0.3) is 29.2 Å². The van der Waals surface area contributed by atoms with Crippen molar-refractivity contribution in [1.29, 1.82) is 0 Å². The third kappa shape index (κ3) is 4.30. The van der Waals surface area contributed by atoms with Crippen molar-refractivity contribution in [1.82, 2.24) is 10.2 Å². The average molecular weight is 402 g/mol. The number of aromatic nitrogens is 2. The van der Waals surface area contributed by atoms with E-state index in [0.717, 1.165) is 0 Å².